The number of piperazine rings is 1. The highest BCUT2D eigenvalue weighted by atomic mass is 32.2. The Balaban J connectivity index is 1.64. The van der Waals surface area contributed by atoms with Crippen LogP contribution in [0, 0.1) is 5.82 Å². The molecule has 24 heavy (non-hydrogen) atoms. The molecule has 0 saturated carbocycles. The summed E-state index contributed by atoms with van der Waals surface area (Å²) in [6.07, 6.45) is 1.09. The first-order valence-corrected chi connectivity index (χ1v) is 9.83. The third-order valence-electron chi connectivity index (χ3n) is 4.31. The number of anilines is 1. The van der Waals surface area contributed by atoms with E-state index in [9.17, 15) is 12.8 Å². The lowest BCUT2D eigenvalue weighted by Crippen LogP contribution is -2.46. The van der Waals surface area contributed by atoms with Crippen LogP contribution in [-0.2, 0) is 16.4 Å². The van der Waals surface area contributed by atoms with Crippen molar-refractivity contribution in [3.8, 4) is 0 Å². The van der Waals surface area contributed by atoms with Crippen molar-refractivity contribution in [3.63, 3.8) is 0 Å². The van der Waals surface area contributed by atoms with Crippen LogP contribution >= 0.6 is 0 Å². The van der Waals surface area contributed by atoms with Crippen LogP contribution in [0.4, 0.5) is 10.1 Å². The first-order valence-electron chi connectivity index (χ1n) is 7.94. The van der Waals surface area contributed by atoms with Crippen LogP contribution in [0.2, 0.25) is 0 Å². The molecule has 2 aromatic carbocycles. The molecule has 0 bridgehead atoms. The highest BCUT2D eigenvalue weighted by Gasteiger charge is 2.20. The molecule has 1 aliphatic rings. The van der Waals surface area contributed by atoms with Gasteiger partial charge in [-0.25, -0.2) is 12.8 Å². The lowest BCUT2D eigenvalue weighted by atomic mass is 10.2. The maximum Gasteiger partial charge on any atom is 0.175 e. The van der Waals surface area contributed by atoms with Crippen molar-refractivity contribution in [1.29, 1.82) is 0 Å². The van der Waals surface area contributed by atoms with Crippen LogP contribution in [0.3, 0.4) is 0 Å². The molecule has 1 saturated heterocycles. The summed E-state index contributed by atoms with van der Waals surface area (Å²) < 4.78 is 37.3. The minimum absolute atomic E-state index is 0.0199. The molecule has 0 aromatic heterocycles. The van der Waals surface area contributed by atoms with E-state index in [0.29, 0.717) is 5.69 Å². The van der Waals surface area contributed by atoms with E-state index < -0.39 is 15.7 Å². The van der Waals surface area contributed by atoms with Crippen molar-refractivity contribution in [3.05, 3.63) is 59.9 Å². The van der Waals surface area contributed by atoms with Gasteiger partial charge in [-0.2, -0.15) is 0 Å². The predicted molar refractivity (Wildman–Crippen MR) is 93.4 cm³/mol. The van der Waals surface area contributed by atoms with Gasteiger partial charge in [-0.15, -0.1) is 0 Å². The molecule has 0 radical (unpaired) electrons. The number of hydrogen-bond donors (Lipinski definition) is 0. The number of sulfone groups is 1. The summed E-state index contributed by atoms with van der Waals surface area (Å²) in [4.78, 5) is 4.34. The Bertz CT molecular complexity index is 801. The van der Waals surface area contributed by atoms with E-state index in [1.54, 1.807) is 6.07 Å². The molecule has 0 unspecified atom stereocenters. The zero-order chi connectivity index (χ0) is 17.2. The number of hydrogen-bond acceptors (Lipinski definition) is 4. The summed E-state index contributed by atoms with van der Waals surface area (Å²) in [6.45, 7) is 4.04. The van der Waals surface area contributed by atoms with E-state index in [4.69, 9.17) is 0 Å². The van der Waals surface area contributed by atoms with Gasteiger partial charge < -0.3 is 4.90 Å². The molecule has 0 spiro atoms. The second kappa shape index (κ2) is 6.91. The molecule has 1 heterocycles. The lowest BCUT2D eigenvalue weighted by molar-refractivity contribution is 0.249. The Labute approximate surface area is 142 Å². The number of benzene rings is 2. The summed E-state index contributed by atoms with van der Waals surface area (Å²) in [5.41, 5.74) is 1.75. The smallest absolute Gasteiger partial charge is 0.175 e. The minimum atomic E-state index is -3.38. The van der Waals surface area contributed by atoms with Gasteiger partial charge >= 0.3 is 0 Å². The Morgan fingerprint density at radius 2 is 1.67 bits per heavy atom. The Kier molecular flexibility index (Phi) is 4.87. The normalized spacial score (nSPS) is 16.3. The maximum atomic E-state index is 14.3. The highest BCUT2D eigenvalue weighted by Crippen LogP contribution is 2.24. The molecule has 4 nitrogen and oxygen atoms in total. The quantitative estimate of drug-likeness (QED) is 0.851. The molecule has 0 N–H and O–H groups in total. The lowest BCUT2D eigenvalue weighted by Gasteiger charge is -2.36. The van der Waals surface area contributed by atoms with Gasteiger partial charge in [-0.05, 0) is 23.8 Å². The second-order valence-electron chi connectivity index (χ2n) is 6.13. The fraction of sp³-hybridized carbons (Fsp3) is 0.333. The van der Waals surface area contributed by atoms with Crippen molar-refractivity contribution in [2.75, 3.05) is 37.3 Å². The van der Waals surface area contributed by atoms with E-state index >= 15 is 0 Å². The molecule has 1 fully saturated rings. The third kappa shape index (κ3) is 3.94. The van der Waals surface area contributed by atoms with Crippen LogP contribution in [0.15, 0.2) is 53.4 Å². The van der Waals surface area contributed by atoms with Crippen molar-refractivity contribution >= 4 is 15.5 Å². The zero-order valence-electron chi connectivity index (χ0n) is 13.7. The van der Waals surface area contributed by atoms with E-state index in [2.05, 4.69) is 17.0 Å². The number of halogens is 1. The molecule has 0 atom stereocenters. The van der Waals surface area contributed by atoms with Gasteiger partial charge in [-0.3, -0.25) is 4.90 Å². The summed E-state index contributed by atoms with van der Waals surface area (Å²) in [6, 6.07) is 14.4. The molecule has 3 rings (SSSR count). The van der Waals surface area contributed by atoms with E-state index in [-0.39, 0.29) is 4.90 Å². The highest BCUT2D eigenvalue weighted by molar-refractivity contribution is 7.90. The first kappa shape index (κ1) is 16.9. The molecule has 1 aliphatic heterocycles. The Morgan fingerprint density at radius 1 is 1.00 bits per heavy atom. The fourth-order valence-electron chi connectivity index (χ4n) is 2.96. The molecule has 6 heteroatoms. The van der Waals surface area contributed by atoms with Crippen LogP contribution < -0.4 is 4.90 Å². The SMILES string of the molecule is CS(=O)(=O)c1ccc(N2CCN(Cc3ccccc3)CC2)c(F)c1. The summed E-state index contributed by atoms with van der Waals surface area (Å²) in [5, 5.41) is 0. The van der Waals surface area contributed by atoms with Crippen LogP contribution in [0.5, 0.6) is 0 Å². The summed E-state index contributed by atoms with van der Waals surface area (Å²) in [7, 11) is -3.38. The monoisotopic (exact) mass is 348 g/mol. The first-order chi connectivity index (χ1) is 11.4. The average Bonchev–Trinajstić information content (AvgIpc) is 2.56. The van der Waals surface area contributed by atoms with Crippen molar-refractivity contribution in [2.24, 2.45) is 0 Å². The van der Waals surface area contributed by atoms with Gasteiger partial charge in [0.05, 0.1) is 10.6 Å². The number of rotatable bonds is 4. The van der Waals surface area contributed by atoms with Crippen LogP contribution in [0.1, 0.15) is 5.56 Å². The molecule has 128 valence electrons. The topological polar surface area (TPSA) is 40.6 Å². The van der Waals surface area contributed by atoms with Gasteiger partial charge in [-0.1, -0.05) is 30.3 Å². The largest absolute Gasteiger partial charge is 0.367 e. The zero-order valence-corrected chi connectivity index (χ0v) is 14.5. The molecule has 0 amide bonds. The Hall–Kier alpha value is -1.92. The van der Waals surface area contributed by atoms with Gasteiger partial charge in [0.15, 0.2) is 9.84 Å². The van der Waals surface area contributed by atoms with Crippen LogP contribution in [-0.4, -0.2) is 45.8 Å². The molecule has 0 aliphatic carbocycles. The van der Waals surface area contributed by atoms with Crippen molar-refractivity contribution in [1.82, 2.24) is 4.90 Å². The van der Waals surface area contributed by atoms with Crippen molar-refractivity contribution in [2.45, 2.75) is 11.4 Å². The van der Waals surface area contributed by atoms with Gasteiger partial charge in [0.1, 0.15) is 5.82 Å². The van der Waals surface area contributed by atoms with E-state index in [1.807, 2.05) is 23.1 Å². The summed E-state index contributed by atoms with van der Waals surface area (Å²) in [5.74, 6) is -0.477. The van der Waals surface area contributed by atoms with Gasteiger partial charge in [0.25, 0.3) is 0 Å². The molecular weight excluding hydrogens is 327 g/mol. The van der Waals surface area contributed by atoms with E-state index in [0.717, 1.165) is 45.0 Å². The summed E-state index contributed by atoms with van der Waals surface area (Å²) >= 11 is 0. The minimum Gasteiger partial charge on any atom is -0.367 e. The molecular formula is C18H21FN2O2S. The predicted octanol–water partition coefficient (Wildman–Crippen LogP) is 2.55. The van der Waals surface area contributed by atoms with E-state index in [1.165, 1.54) is 11.6 Å². The van der Waals surface area contributed by atoms with Gasteiger partial charge in [0.2, 0.25) is 0 Å². The Morgan fingerprint density at radius 3 is 2.25 bits per heavy atom. The maximum absolute atomic E-state index is 14.3. The average molecular weight is 348 g/mol. The third-order valence-corrected chi connectivity index (χ3v) is 5.42. The number of nitrogens with zero attached hydrogens (tertiary/aromatic N) is 2. The van der Waals surface area contributed by atoms with Crippen LogP contribution in [0.25, 0.3) is 0 Å². The fourth-order valence-corrected chi connectivity index (χ4v) is 3.60. The second-order valence-corrected chi connectivity index (χ2v) is 8.15. The molecule has 2 aromatic rings. The van der Waals surface area contributed by atoms with Crippen molar-refractivity contribution < 1.29 is 12.8 Å². The van der Waals surface area contributed by atoms with Gasteiger partial charge in [0, 0.05) is 39.0 Å². The standard InChI is InChI=1S/C18H21FN2O2S/c1-24(22,23)16-7-8-18(17(19)13-16)21-11-9-20(10-12-21)14-15-5-3-2-4-6-15/h2-8,13H,9-12,14H2,1H3.